The number of ether oxygens (including phenoxy) is 1. The Kier molecular flexibility index (Phi) is 11.4. The maximum Gasteiger partial charge on any atom is 0.339 e. The van der Waals surface area contributed by atoms with E-state index >= 15 is 0 Å². The predicted octanol–water partition coefficient (Wildman–Crippen LogP) is 3.95. The van der Waals surface area contributed by atoms with Gasteiger partial charge in [-0.2, -0.15) is 0 Å². The van der Waals surface area contributed by atoms with Gasteiger partial charge in [0.2, 0.25) is 0 Å². The molecule has 2 aromatic rings. The van der Waals surface area contributed by atoms with Crippen LogP contribution in [0.3, 0.4) is 0 Å². The molecule has 0 bridgehead atoms. The Morgan fingerprint density at radius 2 is 1.84 bits per heavy atom. The molecule has 0 radical (unpaired) electrons. The highest BCUT2D eigenvalue weighted by molar-refractivity contribution is 6.25. The summed E-state index contributed by atoms with van der Waals surface area (Å²) in [7, 11) is 1.50. The van der Waals surface area contributed by atoms with Crippen LogP contribution in [0.15, 0.2) is 42.0 Å². The van der Waals surface area contributed by atoms with Crippen LogP contribution in [0.1, 0.15) is 46.8 Å². The molecule has 37 heavy (non-hydrogen) atoms. The van der Waals surface area contributed by atoms with E-state index in [0.717, 1.165) is 31.8 Å². The minimum atomic E-state index is -1.11. The van der Waals surface area contributed by atoms with Crippen LogP contribution in [0.5, 0.6) is 5.75 Å². The van der Waals surface area contributed by atoms with Gasteiger partial charge in [-0.05, 0) is 85.9 Å². The fourth-order valence-corrected chi connectivity index (χ4v) is 4.43. The number of carboxylic acids is 1. The molecular formula is C28H34ClFN2O5. The summed E-state index contributed by atoms with van der Waals surface area (Å²) in [5.41, 5.74) is 6.33. The molecule has 0 unspecified atom stereocenters. The molecule has 1 saturated heterocycles. The Balaban J connectivity index is 0.00000157. The molecule has 2 aromatic carbocycles. The van der Waals surface area contributed by atoms with E-state index in [9.17, 15) is 23.9 Å². The van der Waals surface area contributed by atoms with Crippen molar-refractivity contribution in [3.63, 3.8) is 0 Å². The number of carboxylic acid groups (broad SMARTS) is 1. The van der Waals surface area contributed by atoms with E-state index in [4.69, 9.17) is 4.74 Å². The summed E-state index contributed by atoms with van der Waals surface area (Å²) >= 11 is 0. The zero-order valence-corrected chi connectivity index (χ0v) is 22.0. The van der Waals surface area contributed by atoms with E-state index in [1.807, 2.05) is 0 Å². The Hall–Kier alpha value is -3.07. The number of rotatable bonds is 8. The lowest BCUT2D eigenvalue weighted by Gasteiger charge is -2.30. The summed E-state index contributed by atoms with van der Waals surface area (Å²) < 4.78 is 19.4. The van der Waals surface area contributed by atoms with Gasteiger partial charge < -0.3 is 15.6 Å². The molecule has 4 rings (SSSR count). The molecule has 2 aliphatic rings. The third-order valence-corrected chi connectivity index (χ3v) is 6.54. The fraction of sp³-hybridized carbons (Fsp3) is 0.393. The van der Waals surface area contributed by atoms with Crippen molar-refractivity contribution < 1.29 is 28.6 Å². The number of piperidine rings is 1. The average Bonchev–Trinajstić information content (AvgIpc) is 2.86. The Labute approximate surface area is 222 Å². The van der Waals surface area contributed by atoms with Crippen LogP contribution in [0.4, 0.5) is 4.39 Å². The van der Waals surface area contributed by atoms with Crippen LogP contribution in [0, 0.1) is 11.7 Å². The summed E-state index contributed by atoms with van der Waals surface area (Å²) in [6, 6.07) is 8.70. The number of allylic oxidation sites excluding steroid dienone is 1. The van der Waals surface area contributed by atoms with Crippen molar-refractivity contribution in [3.05, 3.63) is 70.0 Å². The van der Waals surface area contributed by atoms with Crippen LogP contribution in [0.25, 0.3) is 6.08 Å². The number of benzene rings is 2. The van der Waals surface area contributed by atoms with Crippen molar-refractivity contribution in [1.29, 1.82) is 0 Å². The van der Waals surface area contributed by atoms with Gasteiger partial charge in [0.15, 0.2) is 11.6 Å². The number of carbonyl (C=O) groups excluding carboxylic acids is 2. The average molecular weight is 533 g/mol. The van der Waals surface area contributed by atoms with Crippen molar-refractivity contribution in [3.8, 4) is 5.75 Å². The van der Waals surface area contributed by atoms with E-state index in [0.29, 0.717) is 29.8 Å². The maximum atomic E-state index is 13.6. The summed E-state index contributed by atoms with van der Waals surface area (Å²) in [5, 5.41) is 9.53. The van der Waals surface area contributed by atoms with Gasteiger partial charge in [0, 0.05) is 19.4 Å². The number of hydrogen-bond donors (Lipinski definition) is 2. The number of halogens is 2. The molecule has 0 aromatic heterocycles. The molecule has 0 atom stereocenters. The van der Waals surface area contributed by atoms with E-state index in [-0.39, 0.29) is 47.9 Å². The second kappa shape index (κ2) is 14.0. The zero-order valence-electron chi connectivity index (χ0n) is 21.2. The Morgan fingerprint density at radius 1 is 1.14 bits per heavy atom. The largest absolute Gasteiger partial charge is 0.491 e. The first-order valence-electron chi connectivity index (χ1n) is 12.2. The third-order valence-electron chi connectivity index (χ3n) is 6.54. The second-order valence-corrected chi connectivity index (χ2v) is 9.11. The highest BCUT2D eigenvalue weighted by atomic mass is 35.5. The lowest BCUT2D eigenvalue weighted by Crippen LogP contribution is -2.35. The number of fused-ring (bicyclic) bond motifs is 1. The topological polar surface area (TPSA) is 110 Å². The van der Waals surface area contributed by atoms with Crippen molar-refractivity contribution in [1.82, 2.24) is 4.90 Å². The zero-order chi connectivity index (χ0) is 26.2. The first-order chi connectivity index (χ1) is 17.3. The highest BCUT2D eigenvalue weighted by Gasteiger charge is 2.25. The molecule has 0 spiro atoms. The lowest BCUT2D eigenvalue weighted by molar-refractivity contribution is -0.120. The van der Waals surface area contributed by atoms with Gasteiger partial charge in [0.05, 0.1) is 5.57 Å². The van der Waals surface area contributed by atoms with Crippen LogP contribution in [-0.2, 0) is 22.4 Å². The number of ketones is 2. The first-order valence-corrected chi connectivity index (χ1v) is 12.2. The van der Waals surface area contributed by atoms with Gasteiger partial charge in [-0.15, -0.1) is 12.4 Å². The van der Waals surface area contributed by atoms with Crippen molar-refractivity contribution in [2.24, 2.45) is 11.7 Å². The van der Waals surface area contributed by atoms with Crippen LogP contribution in [-0.4, -0.2) is 60.8 Å². The van der Waals surface area contributed by atoms with E-state index < -0.39 is 17.6 Å². The first kappa shape index (κ1) is 30.2. The Morgan fingerprint density at radius 3 is 2.51 bits per heavy atom. The summed E-state index contributed by atoms with van der Waals surface area (Å²) in [4.78, 5) is 39.4. The monoisotopic (exact) mass is 532 g/mol. The van der Waals surface area contributed by atoms with E-state index in [1.165, 1.54) is 31.3 Å². The smallest absolute Gasteiger partial charge is 0.339 e. The SMILES string of the molecule is CC1CCN(CCOc2cc(CC(=O)C3=Cc4cc(F)ccc4CC3=O)ccc2C(=O)O)CC1.CN.Cl. The number of likely N-dealkylation sites (tertiary alicyclic amines) is 1. The number of hydrogen-bond acceptors (Lipinski definition) is 6. The predicted molar refractivity (Wildman–Crippen MR) is 143 cm³/mol. The van der Waals surface area contributed by atoms with E-state index in [1.54, 1.807) is 18.2 Å². The standard InChI is InChI=1S/C27H28FNO5.CH5N.ClH/c1-17-6-8-29(9-7-17)10-11-34-26-13-18(2-5-22(26)27(32)33)12-24(30)23-15-20-14-21(28)4-3-19(20)16-25(23)31;1-2;/h2-5,13-15,17H,6-12,16H2,1H3,(H,32,33);2H2,1H3;1H. The molecule has 200 valence electrons. The molecule has 3 N–H and O–H groups in total. The molecular weight excluding hydrogens is 499 g/mol. The van der Waals surface area contributed by atoms with Gasteiger partial charge in [-0.1, -0.05) is 19.1 Å². The minimum absolute atomic E-state index is 0. The lowest BCUT2D eigenvalue weighted by atomic mass is 9.87. The van der Waals surface area contributed by atoms with Gasteiger partial charge in [-0.3, -0.25) is 14.5 Å². The number of carbonyl (C=O) groups is 3. The highest BCUT2D eigenvalue weighted by Crippen LogP contribution is 2.26. The third kappa shape index (κ3) is 7.95. The van der Waals surface area contributed by atoms with Crippen LogP contribution < -0.4 is 10.5 Å². The molecule has 0 saturated carbocycles. The number of aromatic carboxylic acids is 1. The van der Waals surface area contributed by atoms with Gasteiger partial charge in [0.1, 0.15) is 23.7 Å². The molecule has 1 fully saturated rings. The number of Topliss-reactive ketones (excluding diaryl/α,β-unsaturated/α-hetero) is 2. The fourth-order valence-electron chi connectivity index (χ4n) is 4.43. The molecule has 0 amide bonds. The molecule has 1 aliphatic carbocycles. The molecule has 1 heterocycles. The molecule has 1 aliphatic heterocycles. The Bertz CT molecular complexity index is 1160. The number of nitrogens with zero attached hydrogens (tertiary/aromatic N) is 1. The normalized spacial score (nSPS) is 15.5. The number of nitrogens with two attached hydrogens (primary N) is 1. The maximum absolute atomic E-state index is 13.6. The van der Waals surface area contributed by atoms with Crippen molar-refractivity contribution in [2.75, 3.05) is 33.3 Å². The summed E-state index contributed by atoms with van der Waals surface area (Å²) in [6.07, 6.45) is 3.69. The van der Waals surface area contributed by atoms with Crippen LogP contribution >= 0.6 is 12.4 Å². The summed E-state index contributed by atoms with van der Waals surface area (Å²) in [6.45, 7) is 5.29. The van der Waals surface area contributed by atoms with Gasteiger partial charge in [0.25, 0.3) is 0 Å². The molecule has 7 nitrogen and oxygen atoms in total. The van der Waals surface area contributed by atoms with Gasteiger partial charge in [-0.25, -0.2) is 9.18 Å². The van der Waals surface area contributed by atoms with Crippen molar-refractivity contribution in [2.45, 2.75) is 32.6 Å². The molecule has 9 heteroatoms. The second-order valence-electron chi connectivity index (χ2n) is 9.11. The van der Waals surface area contributed by atoms with Gasteiger partial charge >= 0.3 is 5.97 Å². The van der Waals surface area contributed by atoms with Crippen molar-refractivity contribution >= 4 is 36.0 Å². The minimum Gasteiger partial charge on any atom is -0.491 e. The summed E-state index contributed by atoms with van der Waals surface area (Å²) in [5.74, 6) is -1.30. The van der Waals surface area contributed by atoms with E-state index in [2.05, 4.69) is 17.6 Å². The quantitative estimate of drug-likeness (QED) is 0.495. The van der Waals surface area contributed by atoms with Crippen LogP contribution in [0.2, 0.25) is 0 Å².